The van der Waals surface area contributed by atoms with Crippen molar-refractivity contribution in [2.45, 2.75) is 6.61 Å². The molecule has 0 aliphatic heterocycles. The maximum atomic E-state index is 11.8. The summed E-state index contributed by atoms with van der Waals surface area (Å²) in [6.45, 7) is -1.61. The highest BCUT2D eigenvalue weighted by molar-refractivity contribution is 5.90. The Morgan fingerprint density at radius 2 is 2.05 bits per heavy atom. The van der Waals surface area contributed by atoms with Crippen LogP contribution >= 0.6 is 0 Å². The van der Waals surface area contributed by atoms with Crippen LogP contribution in [0.1, 0.15) is 7.06 Å². The van der Waals surface area contributed by atoms with Crippen LogP contribution in [-0.2, 0) is 11.4 Å². The van der Waals surface area contributed by atoms with Gasteiger partial charge in [-0.25, -0.2) is 4.98 Å². The van der Waals surface area contributed by atoms with Gasteiger partial charge in [-0.1, -0.05) is 24.3 Å². The molecule has 0 radical (unpaired) electrons. The van der Waals surface area contributed by atoms with Crippen LogP contribution < -0.4 is 10.1 Å². The van der Waals surface area contributed by atoms with Crippen molar-refractivity contribution < 1.29 is 16.0 Å². The number of hydrogen-bond donors (Lipinski definition) is 2. The second-order valence-corrected chi connectivity index (χ2v) is 3.71. The van der Waals surface area contributed by atoms with Gasteiger partial charge in [0.15, 0.2) is 6.58 Å². The Kier molecular flexibility index (Phi) is 4.00. The Balaban J connectivity index is 1.97. The number of ether oxygens (including phenoxy) is 1. The minimum absolute atomic E-state index is 0.214. The Hall–Kier alpha value is -2.40. The van der Waals surface area contributed by atoms with Crippen LogP contribution in [0.15, 0.2) is 48.5 Å². The lowest BCUT2D eigenvalue weighted by Crippen LogP contribution is -2.20. The molecule has 19 heavy (non-hydrogen) atoms. The van der Waals surface area contributed by atoms with Crippen LogP contribution in [0.25, 0.3) is 0 Å². The molecule has 1 amide bonds. The molecule has 5 nitrogen and oxygen atoms in total. The minimum Gasteiger partial charge on any atom is -0.484 e. The summed E-state index contributed by atoms with van der Waals surface area (Å²) in [5.74, 6) is 0.0895. The number of anilines is 1. The number of carbonyl (C=O) groups excluding carboxylic acids is 1. The molecule has 5 heteroatoms. The maximum Gasteiger partial charge on any atom is 0.263 e. The molecule has 2 rings (SSSR count). The van der Waals surface area contributed by atoms with Gasteiger partial charge in [-0.05, 0) is 24.3 Å². The van der Waals surface area contributed by atoms with E-state index < -0.39 is 12.5 Å². The molecule has 0 aliphatic rings. The molecule has 0 aliphatic carbocycles. The molecule has 1 atom stereocenters. The number of aliphatic hydroxyl groups excluding tert-OH is 1. The maximum absolute atomic E-state index is 11.8. The molecule has 1 heterocycles. The Bertz CT molecular complexity index is 578. The summed E-state index contributed by atoms with van der Waals surface area (Å²) in [6.07, 6.45) is 0. The van der Waals surface area contributed by atoms with Crippen LogP contribution in [0.4, 0.5) is 5.82 Å². The topological polar surface area (TPSA) is 71.5 Å². The van der Waals surface area contributed by atoms with Crippen LogP contribution in [-0.4, -0.2) is 22.6 Å². The lowest BCUT2D eigenvalue weighted by Gasteiger charge is -2.07. The number of aliphatic hydroxyl groups is 1. The van der Waals surface area contributed by atoms with E-state index in [1.54, 1.807) is 42.5 Å². The third-order valence-corrected chi connectivity index (χ3v) is 2.27. The molecule has 1 aromatic carbocycles. The molecule has 1 aromatic heterocycles. The molecule has 0 fully saturated rings. The molecular formula is C14H14N2O3. The van der Waals surface area contributed by atoms with E-state index >= 15 is 0 Å². The van der Waals surface area contributed by atoms with Crippen LogP contribution in [0.3, 0.4) is 0 Å². The molecule has 98 valence electrons. The quantitative estimate of drug-likeness (QED) is 0.855. The first-order chi connectivity index (χ1) is 9.69. The highest BCUT2D eigenvalue weighted by Crippen LogP contribution is 2.09. The van der Waals surface area contributed by atoms with Gasteiger partial charge in [-0.3, -0.25) is 4.79 Å². The molecule has 2 aromatic rings. The van der Waals surface area contributed by atoms with Crippen molar-refractivity contribution in [1.82, 2.24) is 4.98 Å². The number of benzene rings is 1. The summed E-state index contributed by atoms with van der Waals surface area (Å²) in [7, 11) is 0. The van der Waals surface area contributed by atoms with Crippen molar-refractivity contribution in [2.24, 2.45) is 0 Å². The first-order valence-electron chi connectivity index (χ1n) is 6.28. The third kappa shape index (κ3) is 4.08. The van der Waals surface area contributed by atoms with Crippen LogP contribution in [0.2, 0.25) is 0 Å². The fourth-order valence-corrected chi connectivity index (χ4v) is 1.41. The van der Waals surface area contributed by atoms with Crippen LogP contribution in [0.5, 0.6) is 5.75 Å². The zero-order valence-electron chi connectivity index (χ0n) is 11.1. The molecule has 1 unspecified atom stereocenters. The van der Waals surface area contributed by atoms with Gasteiger partial charge in [0.25, 0.3) is 5.91 Å². The molecule has 0 spiro atoms. The normalized spacial score (nSPS) is 12.4. The predicted octanol–water partition coefficient (Wildman–Crippen LogP) is 1.59. The SMILES string of the molecule is [2H]C(Oc1ccccc1)C(=O)Nc1cccc(CO)n1. The first-order valence-corrected chi connectivity index (χ1v) is 5.70. The van der Waals surface area contributed by atoms with E-state index in [2.05, 4.69) is 10.3 Å². The Morgan fingerprint density at radius 1 is 1.26 bits per heavy atom. The summed E-state index contributed by atoms with van der Waals surface area (Å²) < 4.78 is 12.8. The smallest absolute Gasteiger partial charge is 0.263 e. The van der Waals surface area contributed by atoms with Crippen molar-refractivity contribution in [2.75, 3.05) is 11.9 Å². The van der Waals surface area contributed by atoms with Gasteiger partial charge in [0, 0.05) is 0 Å². The largest absolute Gasteiger partial charge is 0.484 e. The van der Waals surface area contributed by atoms with E-state index in [0.717, 1.165) is 0 Å². The number of aromatic nitrogens is 1. The van der Waals surface area contributed by atoms with Gasteiger partial charge < -0.3 is 15.2 Å². The third-order valence-electron chi connectivity index (χ3n) is 2.27. The summed E-state index contributed by atoms with van der Waals surface area (Å²) in [5, 5.41) is 11.4. The van der Waals surface area contributed by atoms with E-state index in [1.807, 2.05) is 6.07 Å². The number of amides is 1. The highest BCUT2D eigenvalue weighted by Gasteiger charge is 2.04. The summed E-state index contributed by atoms with van der Waals surface area (Å²) in [5.41, 5.74) is 0.438. The predicted molar refractivity (Wildman–Crippen MR) is 70.7 cm³/mol. The van der Waals surface area contributed by atoms with Gasteiger partial charge in [0.2, 0.25) is 0 Å². The second-order valence-electron chi connectivity index (χ2n) is 3.71. The summed E-state index contributed by atoms with van der Waals surface area (Å²) in [4.78, 5) is 15.8. The minimum atomic E-state index is -1.39. The van der Waals surface area contributed by atoms with Gasteiger partial charge in [-0.15, -0.1) is 0 Å². The second kappa shape index (κ2) is 6.51. The molecule has 0 saturated heterocycles. The van der Waals surface area contributed by atoms with E-state index in [-0.39, 0.29) is 12.4 Å². The number of rotatable bonds is 5. The van der Waals surface area contributed by atoms with E-state index in [1.165, 1.54) is 0 Å². The number of hydrogen-bond acceptors (Lipinski definition) is 4. The lowest BCUT2D eigenvalue weighted by molar-refractivity contribution is -0.118. The van der Waals surface area contributed by atoms with Crippen molar-refractivity contribution in [3.05, 3.63) is 54.2 Å². The number of carbonyl (C=O) groups is 1. The van der Waals surface area contributed by atoms with Gasteiger partial charge >= 0.3 is 0 Å². The molecule has 0 bridgehead atoms. The average Bonchev–Trinajstić information content (AvgIpc) is 2.48. The van der Waals surface area contributed by atoms with Crippen LogP contribution in [0, 0.1) is 0 Å². The standard InChI is InChI=1S/C14H14N2O3/c17-9-11-5-4-8-13(15-11)16-14(18)10-19-12-6-2-1-3-7-12/h1-8,17H,9-10H2,(H,15,16,18)/i10D. The summed E-state index contributed by atoms with van der Waals surface area (Å²) in [6, 6.07) is 13.5. The van der Waals surface area contributed by atoms with E-state index in [4.69, 9.17) is 11.2 Å². The van der Waals surface area contributed by atoms with Gasteiger partial charge in [0.1, 0.15) is 11.6 Å². The zero-order valence-corrected chi connectivity index (χ0v) is 10.1. The summed E-state index contributed by atoms with van der Waals surface area (Å²) >= 11 is 0. The van der Waals surface area contributed by atoms with E-state index in [0.29, 0.717) is 11.4 Å². The number of nitrogens with one attached hydrogen (secondary N) is 1. The van der Waals surface area contributed by atoms with Gasteiger partial charge in [0.05, 0.1) is 13.7 Å². The van der Waals surface area contributed by atoms with Crippen molar-refractivity contribution in [3.8, 4) is 5.75 Å². The van der Waals surface area contributed by atoms with E-state index in [9.17, 15) is 4.79 Å². The fraction of sp³-hybridized carbons (Fsp3) is 0.143. The zero-order chi connectivity index (χ0) is 14.4. The molecule has 0 saturated carbocycles. The number of pyridine rings is 1. The Labute approximate surface area is 112 Å². The molecular weight excluding hydrogens is 244 g/mol. The average molecular weight is 259 g/mol. The highest BCUT2D eigenvalue weighted by atomic mass is 16.5. The number of nitrogens with zero attached hydrogens (tertiary/aromatic N) is 1. The van der Waals surface area contributed by atoms with Crippen molar-refractivity contribution in [3.63, 3.8) is 0 Å². The first kappa shape index (κ1) is 11.7. The number of para-hydroxylation sites is 1. The van der Waals surface area contributed by atoms with Gasteiger partial charge in [-0.2, -0.15) is 0 Å². The molecule has 2 N–H and O–H groups in total. The lowest BCUT2D eigenvalue weighted by atomic mass is 10.3. The fourth-order valence-electron chi connectivity index (χ4n) is 1.41. The monoisotopic (exact) mass is 259 g/mol. The van der Waals surface area contributed by atoms with Crippen molar-refractivity contribution in [1.29, 1.82) is 0 Å². The Morgan fingerprint density at radius 3 is 2.79 bits per heavy atom. The van der Waals surface area contributed by atoms with Crippen molar-refractivity contribution >= 4 is 11.7 Å².